The Labute approximate surface area is 211 Å². The molecule has 0 aromatic carbocycles. The molecule has 3 N–H and O–H groups in total. The predicted octanol–water partition coefficient (Wildman–Crippen LogP) is 3.06. The lowest BCUT2D eigenvalue weighted by atomic mass is 9.73. The molecule has 2 saturated heterocycles. The lowest BCUT2D eigenvalue weighted by molar-refractivity contribution is -0.150. The van der Waals surface area contributed by atoms with E-state index in [4.69, 9.17) is 9.47 Å². The summed E-state index contributed by atoms with van der Waals surface area (Å²) in [4.78, 5) is 30.1. The summed E-state index contributed by atoms with van der Waals surface area (Å²) in [5.74, 6) is -1.75. The number of ether oxygens (including phenoxy) is 2. The van der Waals surface area contributed by atoms with Gasteiger partial charge in [0.05, 0.1) is 53.1 Å². The summed E-state index contributed by atoms with van der Waals surface area (Å²) in [5, 5.41) is 35.2. The van der Waals surface area contributed by atoms with Gasteiger partial charge in [-0.05, 0) is 37.3 Å². The Morgan fingerprint density at radius 2 is 1.86 bits per heavy atom. The summed E-state index contributed by atoms with van der Waals surface area (Å²) in [6.45, 7) is 8.50. The minimum absolute atomic E-state index is 0.0475. The predicted molar refractivity (Wildman–Crippen MR) is 133 cm³/mol. The zero-order valence-corrected chi connectivity index (χ0v) is 22.1. The number of aryl methyl sites for hydroxylation is 1. The van der Waals surface area contributed by atoms with Crippen LogP contribution in [0.1, 0.15) is 70.5 Å². The topological polar surface area (TPSA) is 129 Å². The first kappa shape index (κ1) is 27.9. The molecular weight excluding hydrogens is 470 g/mol. The van der Waals surface area contributed by atoms with Crippen molar-refractivity contribution in [2.75, 3.05) is 6.61 Å². The molecule has 0 radical (unpaired) electrons. The number of aliphatic hydroxyl groups excluding tert-OH is 3. The second kappa shape index (κ2) is 11.6. The second-order valence-electron chi connectivity index (χ2n) is 10.6. The van der Waals surface area contributed by atoms with Crippen LogP contribution in [0, 0.1) is 24.2 Å². The van der Waals surface area contributed by atoms with E-state index < -0.39 is 35.6 Å². The Kier molecular flexibility index (Phi) is 9.26. The SMILES string of the molecule is Cc1nc(/C=C2\COC(=O)C[C@H](O)C(C)(C)C(=O)[C@H](C)[C@@H](O)[C@@H](C)CCC[C@H]3O[C@H]3C[C@H]2O)cs1. The van der Waals surface area contributed by atoms with Crippen molar-refractivity contribution in [3.05, 3.63) is 21.7 Å². The van der Waals surface area contributed by atoms with E-state index in [1.807, 2.05) is 19.2 Å². The fraction of sp³-hybridized carbons (Fsp3) is 0.731. The largest absolute Gasteiger partial charge is 0.461 e. The van der Waals surface area contributed by atoms with Crippen molar-refractivity contribution in [2.24, 2.45) is 17.3 Å². The number of aromatic nitrogens is 1. The number of carbonyl (C=O) groups is 2. The van der Waals surface area contributed by atoms with Crippen LogP contribution in [-0.4, -0.2) is 69.2 Å². The van der Waals surface area contributed by atoms with Gasteiger partial charge in [-0.2, -0.15) is 0 Å². The summed E-state index contributed by atoms with van der Waals surface area (Å²) in [6.07, 6.45) is 1.09. The number of thiazole rings is 1. The molecule has 2 aliphatic rings. The van der Waals surface area contributed by atoms with Gasteiger partial charge in [0.15, 0.2) is 0 Å². The van der Waals surface area contributed by atoms with E-state index in [0.717, 1.165) is 24.3 Å². The van der Waals surface area contributed by atoms with Crippen LogP contribution in [0.2, 0.25) is 0 Å². The number of rotatable bonds is 1. The van der Waals surface area contributed by atoms with E-state index in [1.165, 1.54) is 11.3 Å². The first-order valence-electron chi connectivity index (χ1n) is 12.4. The van der Waals surface area contributed by atoms with Crippen molar-refractivity contribution in [3.8, 4) is 0 Å². The molecule has 0 saturated carbocycles. The van der Waals surface area contributed by atoms with Crippen molar-refractivity contribution < 1.29 is 34.4 Å². The molecule has 1 aromatic rings. The van der Waals surface area contributed by atoms with Gasteiger partial charge in [-0.15, -0.1) is 11.3 Å². The molecule has 196 valence electrons. The highest BCUT2D eigenvalue weighted by atomic mass is 32.1. The van der Waals surface area contributed by atoms with E-state index in [2.05, 4.69) is 4.98 Å². The molecule has 0 spiro atoms. The summed E-state index contributed by atoms with van der Waals surface area (Å²) in [7, 11) is 0. The van der Waals surface area contributed by atoms with Gasteiger partial charge >= 0.3 is 5.97 Å². The van der Waals surface area contributed by atoms with E-state index in [1.54, 1.807) is 26.8 Å². The summed E-state index contributed by atoms with van der Waals surface area (Å²) < 4.78 is 11.2. The third kappa shape index (κ3) is 7.20. The maximum Gasteiger partial charge on any atom is 0.308 e. The molecule has 35 heavy (non-hydrogen) atoms. The number of hydrogen-bond acceptors (Lipinski definition) is 9. The van der Waals surface area contributed by atoms with Crippen LogP contribution in [0.15, 0.2) is 11.0 Å². The molecule has 2 fully saturated rings. The summed E-state index contributed by atoms with van der Waals surface area (Å²) in [5.41, 5.74) is -0.0498. The van der Waals surface area contributed by atoms with Crippen molar-refractivity contribution >= 4 is 29.2 Å². The molecule has 3 rings (SSSR count). The Balaban J connectivity index is 1.80. The summed E-state index contributed by atoms with van der Waals surface area (Å²) in [6, 6.07) is 0. The molecule has 3 heterocycles. The molecule has 0 unspecified atom stereocenters. The van der Waals surface area contributed by atoms with Crippen molar-refractivity contribution in [1.82, 2.24) is 4.98 Å². The quantitative estimate of drug-likeness (QED) is 0.389. The number of aliphatic hydroxyl groups is 3. The maximum atomic E-state index is 13.2. The fourth-order valence-corrected chi connectivity index (χ4v) is 5.30. The monoisotopic (exact) mass is 509 g/mol. The van der Waals surface area contributed by atoms with Gasteiger partial charge in [0, 0.05) is 17.7 Å². The summed E-state index contributed by atoms with van der Waals surface area (Å²) >= 11 is 1.49. The molecule has 0 amide bonds. The standard InChI is InChI=1S/C26H39NO7S/c1-14-7-6-8-20-21(34-20)10-19(28)17(9-18-13-35-16(3)27-18)12-33-23(30)11-22(29)26(4,5)25(32)15(2)24(14)31/h9,13-15,19-22,24,28-29,31H,6-8,10-12H2,1-5H3/b17-9+/t14-,15+,19+,20+,21-,22-,24-/m0/s1. The average molecular weight is 510 g/mol. The first-order chi connectivity index (χ1) is 16.4. The molecule has 2 aliphatic heterocycles. The van der Waals surface area contributed by atoms with E-state index in [-0.39, 0.29) is 36.9 Å². The Morgan fingerprint density at radius 1 is 1.14 bits per heavy atom. The average Bonchev–Trinajstić information content (AvgIpc) is 3.40. The van der Waals surface area contributed by atoms with Gasteiger partial charge in [0.25, 0.3) is 0 Å². The number of nitrogens with zero attached hydrogens (tertiary/aromatic N) is 1. The lowest BCUT2D eigenvalue weighted by Gasteiger charge is -2.34. The van der Waals surface area contributed by atoms with Crippen molar-refractivity contribution in [2.45, 2.75) is 97.2 Å². The number of fused-ring (bicyclic) bond motifs is 1. The van der Waals surface area contributed by atoms with Gasteiger partial charge in [-0.1, -0.05) is 34.1 Å². The number of cyclic esters (lactones) is 1. The fourth-order valence-electron chi connectivity index (χ4n) is 4.73. The Morgan fingerprint density at radius 3 is 2.51 bits per heavy atom. The van der Waals surface area contributed by atoms with E-state index >= 15 is 0 Å². The second-order valence-corrected chi connectivity index (χ2v) is 11.7. The molecule has 0 aliphatic carbocycles. The smallest absolute Gasteiger partial charge is 0.308 e. The van der Waals surface area contributed by atoms with Crippen LogP contribution < -0.4 is 0 Å². The highest BCUT2D eigenvalue weighted by Crippen LogP contribution is 2.35. The van der Waals surface area contributed by atoms with Gasteiger partial charge < -0.3 is 24.8 Å². The van der Waals surface area contributed by atoms with Crippen LogP contribution >= 0.6 is 11.3 Å². The molecule has 0 bridgehead atoms. The highest BCUT2D eigenvalue weighted by Gasteiger charge is 2.43. The van der Waals surface area contributed by atoms with Crippen LogP contribution in [0.25, 0.3) is 6.08 Å². The van der Waals surface area contributed by atoms with Crippen LogP contribution in [0.4, 0.5) is 0 Å². The van der Waals surface area contributed by atoms with Crippen molar-refractivity contribution in [3.63, 3.8) is 0 Å². The number of esters is 1. The Bertz CT molecular complexity index is 927. The van der Waals surface area contributed by atoms with Crippen LogP contribution in [-0.2, 0) is 19.1 Å². The number of epoxide rings is 1. The molecule has 8 nitrogen and oxygen atoms in total. The number of ketones is 1. The highest BCUT2D eigenvalue weighted by molar-refractivity contribution is 7.09. The molecule has 7 atom stereocenters. The molecular formula is C26H39NO7S. The zero-order chi connectivity index (χ0) is 25.9. The van der Waals surface area contributed by atoms with E-state index in [0.29, 0.717) is 17.7 Å². The lowest BCUT2D eigenvalue weighted by Crippen LogP contribution is -2.45. The minimum atomic E-state index is -1.27. The van der Waals surface area contributed by atoms with E-state index in [9.17, 15) is 24.9 Å². The normalized spacial score (nSPS) is 36.7. The van der Waals surface area contributed by atoms with Crippen LogP contribution in [0.5, 0.6) is 0 Å². The van der Waals surface area contributed by atoms with Gasteiger partial charge in [0.2, 0.25) is 0 Å². The van der Waals surface area contributed by atoms with Gasteiger partial charge in [-0.25, -0.2) is 4.98 Å². The number of carbonyl (C=O) groups excluding carboxylic acids is 2. The Hall–Kier alpha value is -1.65. The number of hydrogen-bond donors (Lipinski definition) is 3. The molecule has 9 heteroatoms. The molecule has 1 aromatic heterocycles. The van der Waals surface area contributed by atoms with Gasteiger partial charge in [-0.3, -0.25) is 9.59 Å². The van der Waals surface area contributed by atoms with Crippen molar-refractivity contribution in [1.29, 1.82) is 0 Å². The third-order valence-electron chi connectivity index (χ3n) is 7.43. The number of Topliss-reactive ketones (excluding diaryl/α,β-unsaturated/α-hetero) is 1. The van der Waals surface area contributed by atoms with Gasteiger partial charge in [0.1, 0.15) is 12.4 Å². The van der Waals surface area contributed by atoms with Crippen LogP contribution in [0.3, 0.4) is 0 Å². The zero-order valence-electron chi connectivity index (χ0n) is 21.3. The first-order valence-corrected chi connectivity index (χ1v) is 13.3. The third-order valence-corrected chi connectivity index (χ3v) is 8.22. The minimum Gasteiger partial charge on any atom is -0.461 e. The maximum absolute atomic E-state index is 13.2.